The van der Waals surface area contributed by atoms with Gasteiger partial charge in [0.05, 0.1) is 11.0 Å². The fraction of sp³-hybridized carbons (Fsp3) is 0.333. The molecule has 0 amide bonds. The van der Waals surface area contributed by atoms with Crippen LogP contribution in [0.3, 0.4) is 0 Å². The summed E-state index contributed by atoms with van der Waals surface area (Å²) >= 11 is 1.61. The van der Waals surface area contributed by atoms with Crippen molar-refractivity contribution >= 4 is 21.8 Å². The van der Waals surface area contributed by atoms with Gasteiger partial charge in [0.2, 0.25) is 10.0 Å². The quantitative estimate of drug-likeness (QED) is 0.737. The van der Waals surface area contributed by atoms with E-state index in [9.17, 15) is 13.5 Å². The van der Waals surface area contributed by atoms with Crippen LogP contribution in [0.1, 0.15) is 37.0 Å². The van der Waals surface area contributed by atoms with E-state index in [1.807, 2.05) is 42.7 Å². The second-order valence-corrected chi connectivity index (χ2v) is 8.51. The Bertz CT molecular complexity index is 754. The minimum Gasteiger partial charge on any atom is -0.387 e. The SMILES string of the molecule is CSc1ccc(C(O)CNS(=O)(=O)c2ccc(C(C)C)cc2)cc1. The predicted octanol–water partition coefficient (Wildman–Crippen LogP) is 3.54. The molecule has 0 aliphatic rings. The zero-order valence-electron chi connectivity index (χ0n) is 14.1. The van der Waals surface area contributed by atoms with Gasteiger partial charge in [-0.05, 0) is 47.6 Å². The molecule has 0 heterocycles. The van der Waals surface area contributed by atoms with Crippen LogP contribution in [0.2, 0.25) is 0 Å². The molecule has 2 rings (SSSR count). The van der Waals surface area contributed by atoms with Gasteiger partial charge in [0.25, 0.3) is 0 Å². The topological polar surface area (TPSA) is 66.4 Å². The van der Waals surface area contributed by atoms with E-state index in [2.05, 4.69) is 18.6 Å². The largest absolute Gasteiger partial charge is 0.387 e. The van der Waals surface area contributed by atoms with E-state index in [4.69, 9.17) is 0 Å². The fourth-order valence-electron chi connectivity index (χ4n) is 2.25. The van der Waals surface area contributed by atoms with E-state index in [0.29, 0.717) is 11.5 Å². The van der Waals surface area contributed by atoms with E-state index in [1.54, 1.807) is 23.9 Å². The Balaban J connectivity index is 2.03. The Labute approximate surface area is 148 Å². The standard InChI is InChI=1S/C18H23NO3S2/c1-13(2)14-6-10-17(11-7-14)24(21,22)19-12-18(20)15-4-8-16(23-3)9-5-15/h4-11,13,18-20H,12H2,1-3H3. The summed E-state index contributed by atoms with van der Waals surface area (Å²) in [6.07, 6.45) is 1.09. The average Bonchev–Trinajstić information content (AvgIpc) is 2.60. The molecule has 0 fully saturated rings. The second kappa shape index (κ2) is 8.16. The number of hydrogen-bond donors (Lipinski definition) is 2. The molecule has 0 saturated carbocycles. The number of rotatable bonds is 7. The van der Waals surface area contributed by atoms with Gasteiger partial charge in [-0.1, -0.05) is 38.1 Å². The first-order valence-electron chi connectivity index (χ1n) is 7.75. The number of aliphatic hydroxyl groups excluding tert-OH is 1. The highest BCUT2D eigenvalue weighted by molar-refractivity contribution is 7.98. The van der Waals surface area contributed by atoms with Crippen LogP contribution in [0.4, 0.5) is 0 Å². The number of nitrogens with one attached hydrogen (secondary N) is 1. The van der Waals surface area contributed by atoms with Gasteiger partial charge in [-0.2, -0.15) is 0 Å². The molecule has 4 nitrogen and oxygen atoms in total. The van der Waals surface area contributed by atoms with Crippen molar-refractivity contribution in [3.8, 4) is 0 Å². The molecule has 0 bridgehead atoms. The van der Waals surface area contributed by atoms with Gasteiger partial charge in [-0.3, -0.25) is 0 Å². The molecule has 2 N–H and O–H groups in total. The normalized spacial score (nSPS) is 13.2. The van der Waals surface area contributed by atoms with Gasteiger partial charge in [-0.25, -0.2) is 13.1 Å². The number of thioether (sulfide) groups is 1. The summed E-state index contributed by atoms with van der Waals surface area (Å²) < 4.78 is 27.1. The van der Waals surface area contributed by atoms with Gasteiger partial charge < -0.3 is 5.11 Å². The van der Waals surface area contributed by atoms with Crippen molar-refractivity contribution in [3.63, 3.8) is 0 Å². The van der Waals surface area contributed by atoms with Crippen LogP contribution in [-0.4, -0.2) is 26.3 Å². The molecular formula is C18H23NO3S2. The number of sulfonamides is 1. The monoisotopic (exact) mass is 365 g/mol. The van der Waals surface area contributed by atoms with Crippen molar-refractivity contribution in [1.29, 1.82) is 0 Å². The maximum atomic E-state index is 12.3. The summed E-state index contributed by atoms with van der Waals surface area (Å²) in [5, 5.41) is 10.2. The van der Waals surface area contributed by atoms with Crippen molar-refractivity contribution in [1.82, 2.24) is 4.72 Å². The lowest BCUT2D eigenvalue weighted by molar-refractivity contribution is 0.182. The molecule has 24 heavy (non-hydrogen) atoms. The van der Waals surface area contributed by atoms with Gasteiger partial charge >= 0.3 is 0 Å². The van der Waals surface area contributed by atoms with Gasteiger partial charge in [-0.15, -0.1) is 11.8 Å². The van der Waals surface area contributed by atoms with E-state index in [0.717, 1.165) is 10.5 Å². The fourth-order valence-corrected chi connectivity index (χ4v) is 3.69. The first-order valence-corrected chi connectivity index (χ1v) is 10.5. The minimum atomic E-state index is -3.63. The van der Waals surface area contributed by atoms with E-state index in [1.165, 1.54) is 0 Å². The smallest absolute Gasteiger partial charge is 0.240 e. The maximum Gasteiger partial charge on any atom is 0.240 e. The summed E-state index contributed by atoms with van der Waals surface area (Å²) in [5.74, 6) is 0.348. The zero-order chi connectivity index (χ0) is 17.7. The third kappa shape index (κ3) is 4.83. The number of aliphatic hydroxyl groups is 1. The van der Waals surface area contributed by atoms with E-state index in [-0.39, 0.29) is 11.4 Å². The van der Waals surface area contributed by atoms with Gasteiger partial charge in [0, 0.05) is 11.4 Å². The van der Waals surface area contributed by atoms with Gasteiger partial charge in [0.1, 0.15) is 0 Å². The van der Waals surface area contributed by atoms with Crippen LogP contribution < -0.4 is 4.72 Å². The summed E-state index contributed by atoms with van der Waals surface area (Å²) in [5.41, 5.74) is 1.77. The molecule has 0 aromatic heterocycles. The van der Waals surface area contributed by atoms with Crippen molar-refractivity contribution in [3.05, 3.63) is 59.7 Å². The summed E-state index contributed by atoms with van der Waals surface area (Å²) in [7, 11) is -3.63. The van der Waals surface area contributed by atoms with Crippen LogP contribution in [0.5, 0.6) is 0 Å². The Kier molecular flexibility index (Phi) is 6.46. The second-order valence-electron chi connectivity index (χ2n) is 5.86. The molecule has 0 aliphatic heterocycles. The molecule has 2 aromatic rings. The summed E-state index contributed by atoms with van der Waals surface area (Å²) in [4.78, 5) is 1.30. The third-order valence-corrected chi connectivity index (χ3v) is 6.01. The van der Waals surface area contributed by atoms with Crippen molar-refractivity contribution < 1.29 is 13.5 Å². The van der Waals surface area contributed by atoms with Crippen molar-refractivity contribution in [2.24, 2.45) is 0 Å². The lowest BCUT2D eigenvalue weighted by Crippen LogP contribution is -2.28. The molecular weight excluding hydrogens is 342 g/mol. The van der Waals surface area contributed by atoms with Crippen LogP contribution >= 0.6 is 11.8 Å². The molecule has 130 valence electrons. The zero-order valence-corrected chi connectivity index (χ0v) is 15.7. The number of benzene rings is 2. The Hall–Kier alpha value is -1.34. The minimum absolute atomic E-state index is 0.0626. The highest BCUT2D eigenvalue weighted by Crippen LogP contribution is 2.20. The van der Waals surface area contributed by atoms with Crippen molar-refractivity contribution in [2.45, 2.75) is 35.7 Å². The molecule has 1 atom stereocenters. The highest BCUT2D eigenvalue weighted by Gasteiger charge is 2.17. The molecule has 0 radical (unpaired) electrons. The Morgan fingerprint density at radius 1 is 1.00 bits per heavy atom. The Morgan fingerprint density at radius 3 is 2.04 bits per heavy atom. The average molecular weight is 366 g/mol. The molecule has 0 aliphatic carbocycles. The van der Waals surface area contributed by atoms with E-state index >= 15 is 0 Å². The lowest BCUT2D eigenvalue weighted by Gasteiger charge is -2.13. The summed E-state index contributed by atoms with van der Waals surface area (Å²) in [6.45, 7) is 4.05. The summed E-state index contributed by atoms with van der Waals surface area (Å²) in [6, 6.07) is 14.2. The number of hydrogen-bond acceptors (Lipinski definition) is 4. The van der Waals surface area contributed by atoms with Crippen LogP contribution in [0.15, 0.2) is 58.3 Å². The van der Waals surface area contributed by atoms with Crippen molar-refractivity contribution in [2.75, 3.05) is 12.8 Å². The molecule has 0 saturated heterocycles. The van der Waals surface area contributed by atoms with Crippen LogP contribution in [0.25, 0.3) is 0 Å². The van der Waals surface area contributed by atoms with Gasteiger partial charge in [0.15, 0.2) is 0 Å². The molecule has 2 aromatic carbocycles. The lowest BCUT2D eigenvalue weighted by atomic mass is 10.0. The first kappa shape index (κ1) is 19.0. The van der Waals surface area contributed by atoms with Crippen LogP contribution in [0, 0.1) is 0 Å². The molecule has 0 spiro atoms. The highest BCUT2D eigenvalue weighted by atomic mass is 32.2. The Morgan fingerprint density at radius 2 is 1.54 bits per heavy atom. The molecule has 6 heteroatoms. The predicted molar refractivity (Wildman–Crippen MR) is 98.9 cm³/mol. The maximum absolute atomic E-state index is 12.3. The molecule has 1 unspecified atom stereocenters. The van der Waals surface area contributed by atoms with E-state index < -0.39 is 16.1 Å². The third-order valence-electron chi connectivity index (χ3n) is 3.82. The first-order chi connectivity index (χ1) is 11.3. The van der Waals surface area contributed by atoms with Crippen LogP contribution in [-0.2, 0) is 10.0 Å².